The molecule has 1 fully saturated rings. The summed E-state index contributed by atoms with van der Waals surface area (Å²) in [6.45, 7) is 0. The van der Waals surface area contributed by atoms with Gasteiger partial charge in [0.15, 0.2) is 6.10 Å². The third kappa shape index (κ3) is 3.30. The van der Waals surface area contributed by atoms with Crippen LogP contribution in [0.4, 0.5) is 22.0 Å². The normalized spacial score (nSPS) is 23.5. The molecule has 0 unspecified atom stereocenters. The standard InChI is InChI=1S/C15H12F5NO2S/c16-14(17)5-8-9(23-10(6-21)7-1-2-7)3-4-11(12(8)13(14)22)24-15(18,19)20/h3-4,7,10,13,22H,1-2,5H2/t10-,13+/m1/s1. The number of hydrogen-bond donors (Lipinski definition) is 1. The van der Waals surface area contributed by atoms with Crippen LogP contribution in [-0.2, 0) is 6.42 Å². The summed E-state index contributed by atoms with van der Waals surface area (Å²) in [6.07, 6.45) is -2.53. The molecule has 1 N–H and O–H groups in total. The number of nitrogens with zero attached hydrogens (tertiary/aromatic N) is 1. The maximum Gasteiger partial charge on any atom is 0.446 e. The van der Waals surface area contributed by atoms with Gasteiger partial charge in [0.1, 0.15) is 17.9 Å². The summed E-state index contributed by atoms with van der Waals surface area (Å²) in [5.74, 6) is -3.64. The first-order chi connectivity index (χ1) is 11.1. The summed E-state index contributed by atoms with van der Waals surface area (Å²) in [5, 5.41) is 18.9. The van der Waals surface area contributed by atoms with Gasteiger partial charge in [0.25, 0.3) is 5.92 Å². The average Bonchev–Trinajstić information content (AvgIpc) is 3.25. The Bertz CT molecular complexity index is 696. The number of alkyl halides is 5. The maximum absolute atomic E-state index is 13.9. The molecule has 130 valence electrons. The van der Waals surface area contributed by atoms with E-state index < -0.39 is 52.3 Å². The van der Waals surface area contributed by atoms with E-state index in [4.69, 9.17) is 10.00 Å². The molecule has 1 aromatic rings. The highest BCUT2D eigenvalue weighted by atomic mass is 32.2. The Morgan fingerprint density at radius 3 is 2.54 bits per heavy atom. The van der Waals surface area contributed by atoms with Gasteiger partial charge >= 0.3 is 5.51 Å². The second-order valence-corrected chi connectivity index (χ2v) is 6.95. The fraction of sp³-hybridized carbons (Fsp3) is 0.533. The number of aliphatic hydroxyl groups excluding tert-OH is 1. The van der Waals surface area contributed by atoms with Crippen LogP contribution < -0.4 is 4.74 Å². The van der Waals surface area contributed by atoms with E-state index in [0.717, 1.165) is 25.0 Å². The molecule has 0 saturated heterocycles. The molecule has 0 bridgehead atoms. The molecule has 9 heteroatoms. The number of fused-ring (bicyclic) bond motifs is 1. The summed E-state index contributed by atoms with van der Waals surface area (Å²) < 4.78 is 71.1. The van der Waals surface area contributed by atoms with Gasteiger partial charge in [-0.2, -0.15) is 18.4 Å². The highest BCUT2D eigenvalue weighted by Gasteiger charge is 2.50. The molecule has 1 saturated carbocycles. The van der Waals surface area contributed by atoms with Crippen LogP contribution in [0.3, 0.4) is 0 Å². The third-order valence-electron chi connectivity index (χ3n) is 4.02. The minimum Gasteiger partial charge on any atom is -0.475 e. The van der Waals surface area contributed by atoms with Crippen LogP contribution in [0.5, 0.6) is 5.75 Å². The average molecular weight is 365 g/mol. The molecule has 2 aliphatic carbocycles. The van der Waals surface area contributed by atoms with Gasteiger partial charge in [-0.1, -0.05) is 0 Å². The molecule has 0 amide bonds. The van der Waals surface area contributed by atoms with Crippen LogP contribution in [0, 0.1) is 17.2 Å². The summed E-state index contributed by atoms with van der Waals surface area (Å²) in [7, 11) is 0. The van der Waals surface area contributed by atoms with Gasteiger partial charge in [-0.25, -0.2) is 8.78 Å². The Kier molecular flexibility index (Phi) is 4.16. The molecule has 0 radical (unpaired) electrons. The topological polar surface area (TPSA) is 53.2 Å². The van der Waals surface area contributed by atoms with E-state index in [1.165, 1.54) is 0 Å². The van der Waals surface area contributed by atoms with Crippen molar-refractivity contribution in [3.8, 4) is 11.8 Å². The number of ether oxygens (including phenoxy) is 1. The predicted molar refractivity (Wildman–Crippen MR) is 74.7 cm³/mol. The van der Waals surface area contributed by atoms with Crippen LogP contribution in [0.2, 0.25) is 0 Å². The molecule has 2 atom stereocenters. The molecule has 0 heterocycles. The van der Waals surface area contributed by atoms with Gasteiger partial charge in [0, 0.05) is 28.4 Å². The largest absolute Gasteiger partial charge is 0.475 e. The molecule has 1 aromatic carbocycles. The highest BCUT2D eigenvalue weighted by molar-refractivity contribution is 8.00. The van der Waals surface area contributed by atoms with E-state index in [9.17, 15) is 27.1 Å². The molecule has 0 aromatic heterocycles. The van der Waals surface area contributed by atoms with Crippen LogP contribution in [0.25, 0.3) is 0 Å². The minimum atomic E-state index is -4.67. The van der Waals surface area contributed by atoms with E-state index in [2.05, 4.69) is 0 Å². The first-order valence-corrected chi connectivity index (χ1v) is 7.97. The molecule has 3 nitrogen and oxygen atoms in total. The Balaban J connectivity index is 2.00. The molecule has 24 heavy (non-hydrogen) atoms. The first-order valence-electron chi connectivity index (χ1n) is 7.16. The van der Waals surface area contributed by atoms with E-state index in [1.807, 2.05) is 6.07 Å². The van der Waals surface area contributed by atoms with Gasteiger partial charge in [0.05, 0.1) is 0 Å². The smallest absolute Gasteiger partial charge is 0.446 e. The zero-order valence-electron chi connectivity index (χ0n) is 12.1. The van der Waals surface area contributed by atoms with Crippen molar-refractivity contribution in [2.24, 2.45) is 5.92 Å². The Hall–Kier alpha value is -1.53. The van der Waals surface area contributed by atoms with E-state index in [0.29, 0.717) is 0 Å². The summed E-state index contributed by atoms with van der Waals surface area (Å²) in [5.41, 5.74) is -5.30. The van der Waals surface area contributed by atoms with Crippen LogP contribution in [-0.4, -0.2) is 22.6 Å². The number of hydrogen-bond acceptors (Lipinski definition) is 4. The minimum absolute atomic E-state index is 0.00159. The molecule has 0 spiro atoms. The molecular formula is C15H12F5NO2S. The number of aliphatic hydroxyl groups is 1. The van der Waals surface area contributed by atoms with Crippen molar-refractivity contribution < 1.29 is 31.8 Å². The summed E-state index contributed by atoms with van der Waals surface area (Å²) >= 11 is -0.551. The van der Waals surface area contributed by atoms with Gasteiger partial charge in [-0.05, 0) is 36.7 Å². The second-order valence-electron chi connectivity index (χ2n) is 5.85. The summed E-state index contributed by atoms with van der Waals surface area (Å²) in [6, 6.07) is 4.09. The summed E-state index contributed by atoms with van der Waals surface area (Å²) in [4.78, 5) is -0.477. The fourth-order valence-corrected chi connectivity index (χ4v) is 3.47. The van der Waals surface area contributed by atoms with Crippen molar-refractivity contribution >= 4 is 11.8 Å². The number of benzene rings is 1. The third-order valence-corrected chi connectivity index (χ3v) is 4.82. The van der Waals surface area contributed by atoms with Gasteiger partial charge in [-0.3, -0.25) is 0 Å². The second kappa shape index (κ2) is 5.77. The number of nitriles is 1. The van der Waals surface area contributed by atoms with Crippen molar-refractivity contribution in [3.05, 3.63) is 23.3 Å². The number of thioether (sulfide) groups is 1. The quantitative estimate of drug-likeness (QED) is 0.642. The lowest BCUT2D eigenvalue weighted by Gasteiger charge is -2.18. The van der Waals surface area contributed by atoms with E-state index in [-0.39, 0.29) is 17.2 Å². The zero-order chi connectivity index (χ0) is 17.7. The van der Waals surface area contributed by atoms with Gasteiger partial charge in [-0.15, -0.1) is 0 Å². The highest BCUT2D eigenvalue weighted by Crippen LogP contribution is 2.52. The molecule has 2 aliphatic rings. The van der Waals surface area contributed by atoms with Crippen molar-refractivity contribution in [3.63, 3.8) is 0 Å². The Labute approximate surface area is 138 Å². The van der Waals surface area contributed by atoms with Crippen LogP contribution in [0.1, 0.15) is 30.1 Å². The zero-order valence-corrected chi connectivity index (χ0v) is 12.9. The monoisotopic (exact) mass is 365 g/mol. The number of halogens is 5. The van der Waals surface area contributed by atoms with Gasteiger partial charge < -0.3 is 9.84 Å². The van der Waals surface area contributed by atoms with E-state index in [1.54, 1.807) is 0 Å². The SMILES string of the molecule is N#C[C@@H](Oc1ccc(SC(F)(F)F)c2c1CC(F)(F)[C@H]2O)C1CC1. The van der Waals surface area contributed by atoms with Crippen LogP contribution >= 0.6 is 11.8 Å². The van der Waals surface area contributed by atoms with E-state index >= 15 is 0 Å². The van der Waals surface area contributed by atoms with Crippen molar-refractivity contribution in [2.45, 2.75) is 47.8 Å². The fourth-order valence-electron chi connectivity index (χ4n) is 2.74. The molecular weight excluding hydrogens is 353 g/mol. The lowest BCUT2D eigenvalue weighted by Crippen LogP contribution is -2.22. The lowest BCUT2D eigenvalue weighted by molar-refractivity contribution is -0.0977. The Morgan fingerprint density at radius 2 is 2.00 bits per heavy atom. The van der Waals surface area contributed by atoms with Crippen molar-refractivity contribution in [1.82, 2.24) is 0 Å². The first kappa shape index (κ1) is 17.3. The van der Waals surface area contributed by atoms with Crippen LogP contribution in [0.15, 0.2) is 17.0 Å². The molecule has 0 aliphatic heterocycles. The maximum atomic E-state index is 13.9. The van der Waals surface area contributed by atoms with Crippen molar-refractivity contribution in [2.75, 3.05) is 0 Å². The Morgan fingerprint density at radius 1 is 1.33 bits per heavy atom. The van der Waals surface area contributed by atoms with Crippen molar-refractivity contribution in [1.29, 1.82) is 5.26 Å². The predicted octanol–water partition coefficient (Wildman–Crippen LogP) is 4.20. The number of rotatable bonds is 4. The molecule has 3 rings (SSSR count). The van der Waals surface area contributed by atoms with Gasteiger partial charge in [0.2, 0.25) is 0 Å². The lowest BCUT2D eigenvalue weighted by atomic mass is 10.1.